The molecule has 0 aliphatic heterocycles. The minimum atomic E-state index is -0.912. The van der Waals surface area contributed by atoms with Crippen LogP contribution in [0.25, 0.3) is 0 Å². The van der Waals surface area contributed by atoms with E-state index in [0.717, 1.165) is 5.01 Å². The van der Waals surface area contributed by atoms with Crippen molar-refractivity contribution in [1.29, 1.82) is 0 Å². The van der Waals surface area contributed by atoms with Crippen molar-refractivity contribution >= 4 is 17.8 Å². The summed E-state index contributed by atoms with van der Waals surface area (Å²) in [7, 11) is 0. The number of carbonyl (C=O) groups is 3. The summed E-state index contributed by atoms with van der Waals surface area (Å²) in [6.07, 6.45) is 0. The van der Waals surface area contributed by atoms with Gasteiger partial charge in [-0.1, -0.05) is 0 Å². The number of primary amides is 1. The monoisotopic (exact) mass is 219 g/mol. The Morgan fingerprint density at radius 3 is 1.67 bits per heavy atom. The fraction of sp³-hybridized carbons (Fsp3) is 0.400. The van der Waals surface area contributed by atoms with E-state index in [-0.39, 0.29) is 13.1 Å². The molecule has 10 heteroatoms. The molecule has 0 rings (SSSR count). The molecule has 10 nitrogen and oxygen atoms in total. The molecule has 15 heavy (non-hydrogen) atoms. The molecule has 0 heterocycles. The Kier molecular flexibility index (Phi) is 5.70. The van der Waals surface area contributed by atoms with E-state index in [2.05, 4.69) is 0 Å². The Morgan fingerprint density at radius 2 is 1.40 bits per heavy atom. The van der Waals surface area contributed by atoms with Gasteiger partial charge in [0, 0.05) is 0 Å². The summed E-state index contributed by atoms with van der Waals surface area (Å²) in [4.78, 5) is 32.2. The largest absolute Gasteiger partial charge is 0.351 e. The van der Waals surface area contributed by atoms with E-state index in [1.807, 2.05) is 16.3 Å². The molecule has 9 N–H and O–H groups in total. The molecule has 0 spiro atoms. The second-order valence-corrected chi connectivity index (χ2v) is 2.47. The molecule has 0 bridgehead atoms. The molecule has 0 aromatic rings. The lowest BCUT2D eigenvalue weighted by atomic mass is 10.5. The zero-order chi connectivity index (χ0) is 11.8. The highest BCUT2D eigenvalue weighted by atomic mass is 16.2. The summed E-state index contributed by atoms with van der Waals surface area (Å²) in [5.74, 6) is 8.43. The molecule has 0 saturated carbocycles. The van der Waals surface area contributed by atoms with Crippen LogP contribution in [-0.2, 0) is 9.59 Å². The van der Waals surface area contributed by atoms with Crippen LogP contribution in [-0.4, -0.2) is 35.9 Å². The van der Waals surface area contributed by atoms with Crippen LogP contribution in [0, 0.1) is 0 Å². The summed E-state index contributed by atoms with van der Waals surface area (Å²) >= 11 is 0. The topological polar surface area (TPSA) is 169 Å². The summed E-state index contributed by atoms with van der Waals surface area (Å²) in [5, 5.41) is 0.951. The van der Waals surface area contributed by atoms with E-state index < -0.39 is 17.8 Å². The van der Waals surface area contributed by atoms with Gasteiger partial charge in [0.2, 0.25) is 11.8 Å². The average Bonchev–Trinajstić information content (AvgIpc) is 2.16. The molecule has 0 radical (unpaired) electrons. The number of urea groups is 1. The van der Waals surface area contributed by atoms with Crippen LogP contribution < -0.4 is 33.7 Å². The molecule has 0 aliphatic carbocycles. The summed E-state index contributed by atoms with van der Waals surface area (Å²) in [6.45, 7) is -0.653. The van der Waals surface area contributed by atoms with Gasteiger partial charge in [-0.15, -0.1) is 0 Å². The molecule has 0 aromatic heterocycles. The van der Waals surface area contributed by atoms with E-state index in [4.69, 9.17) is 17.4 Å². The number of hydrogen-bond acceptors (Lipinski definition) is 6. The maximum atomic E-state index is 10.8. The molecule has 4 amide bonds. The minimum Gasteiger partial charge on any atom is -0.351 e. The van der Waals surface area contributed by atoms with Crippen LogP contribution in [0.1, 0.15) is 0 Å². The van der Waals surface area contributed by atoms with Crippen LogP contribution in [0.4, 0.5) is 4.79 Å². The van der Waals surface area contributed by atoms with E-state index in [1.165, 1.54) is 0 Å². The van der Waals surface area contributed by atoms with Crippen molar-refractivity contribution in [2.75, 3.05) is 13.1 Å². The van der Waals surface area contributed by atoms with E-state index in [1.54, 1.807) is 0 Å². The van der Waals surface area contributed by atoms with Gasteiger partial charge in [-0.2, -0.15) is 0 Å². The number of nitrogens with two attached hydrogens (primary N) is 3. The average molecular weight is 219 g/mol. The van der Waals surface area contributed by atoms with Gasteiger partial charge in [-0.3, -0.25) is 25.9 Å². The Labute approximate surface area is 85.0 Å². The van der Waals surface area contributed by atoms with Crippen molar-refractivity contribution < 1.29 is 14.4 Å². The number of hydrogen-bond donors (Lipinski definition) is 6. The number of hydrazine groups is 3. The Morgan fingerprint density at radius 1 is 1.00 bits per heavy atom. The molecule has 0 atom stereocenters. The van der Waals surface area contributed by atoms with Crippen LogP contribution >= 0.6 is 0 Å². The third-order valence-corrected chi connectivity index (χ3v) is 1.26. The molecule has 86 valence electrons. The smallest absolute Gasteiger partial charge is 0.326 e. The SMILES string of the molecule is NNC(=O)CN(CC(=O)NN)NC(N)=O. The zero-order valence-corrected chi connectivity index (χ0v) is 7.82. The van der Waals surface area contributed by atoms with Crippen molar-refractivity contribution in [3.63, 3.8) is 0 Å². The molecule has 0 aromatic carbocycles. The fourth-order valence-electron chi connectivity index (χ4n) is 0.729. The highest BCUT2D eigenvalue weighted by molar-refractivity contribution is 5.81. The number of rotatable bonds is 5. The maximum Gasteiger partial charge on any atom is 0.326 e. The second kappa shape index (κ2) is 6.53. The van der Waals surface area contributed by atoms with Crippen LogP contribution in [0.5, 0.6) is 0 Å². The maximum absolute atomic E-state index is 10.8. The Bertz CT molecular complexity index is 237. The van der Waals surface area contributed by atoms with E-state index >= 15 is 0 Å². The summed E-state index contributed by atoms with van der Waals surface area (Å²) in [6, 6.07) is -0.912. The number of amides is 4. The Hall–Kier alpha value is -1.91. The molecule has 0 unspecified atom stereocenters. The second-order valence-electron chi connectivity index (χ2n) is 2.47. The number of nitrogens with one attached hydrogen (secondary N) is 3. The molecular formula is C5H13N7O3. The van der Waals surface area contributed by atoms with Crippen molar-refractivity contribution in [2.45, 2.75) is 0 Å². The first-order valence-corrected chi connectivity index (χ1v) is 3.79. The first-order chi connectivity index (χ1) is 6.99. The van der Waals surface area contributed by atoms with E-state index in [9.17, 15) is 14.4 Å². The first-order valence-electron chi connectivity index (χ1n) is 3.79. The fourth-order valence-corrected chi connectivity index (χ4v) is 0.729. The number of carbonyl (C=O) groups excluding carboxylic acids is 3. The standard InChI is InChI=1S/C5H13N7O3/c6-5(15)11-12(1-3(13)9-7)2-4(14)10-8/h1-2,7-8H2,(H,9,13)(H,10,14)(H3,6,11,15). The third kappa shape index (κ3) is 6.20. The van der Waals surface area contributed by atoms with Crippen molar-refractivity contribution in [3.8, 4) is 0 Å². The number of nitrogens with zero attached hydrogens (tertiary/aromatic N) is 1. The van der Waals surface area contributed by atoms with Crippen molar-refractivity contribution in [3.05, 3.63) is 0 Å². The van der Waals surface area contributed by atoms with Gasteiger partial charge in [0.15, 0.2) is 0 Å². The lowest BCUT2D eigenvalue weighted by Gasteiger charge is -2.19. The highest BCUT2D eigenvalue weighted by Gasteiger charge is 2.14. The summed E-state index contributed by atoms with van der Waals surface area (Å²) in [5.41, 5.74) is 10.5. The van der Waals surface area contributed by atoms with Crippen LogP contribution in [0.2, 0.25) is 0 Å². The van der Waals surface area contributed by atoms with Gasteiger partial charge >= 0.3 is 6.03 Å². The van der Waals surface area contributed by atoms with Crippen LogP contribution in [0.15, 0.2) is 0 Å². The third-order valence-electron chi connectivity index (χ3n) is 1.26. The van der Waals surface area contributed by atoms with Gasteiger partial charge in [0.1, 0.15) is 0 Å². The quantitative estimate of drug-likeness (QED) is 0.156. The van der Waals surface area contributed by atoms with Gasteiger partial charge in [-0.05, 0) is 0 Å². The molecular weight excluding hydrogens is 206 g/mol. The molecule has 0 fully saturated rings. The Balaban J connectivity index is 4.23. The molecule has 0 aliphatic rings. The summed E-state index contributed by atoms with van der Waals surface area (Å²) < 4.78 is 0. The minimum absolute atomic E-state index is 0.327. The first kappa shape index (κ1) is 13.1. The van der Waals surface area contributed by atoms with Gasteiger partial charge in [0.05, 0.1) is 13.1 Å². The van der Waals surface area contributed by atoms with Crippen LogP contribution in [0.3, 0.4) is 0 Å². The van der Waals surface area contributed by atoms with Crippen molar-refractivity contribution in [2.24, 2.45) is 17.4 Å². The highest BCUT2D eigenvalue weighted by Crippen LogP contribution is 1.81. The van der Waals surface area contributed by atoms with E-state index in [0.29, 0.717) is 0 Å². The lowest BCUT2D eigenvalue weighted by molar-refractivity contribution is -0.126. The van der Waals surface area contributed by atoms with Gasteiger partial charge in [0.25, 0.3) is 0 Å². The van der Waals surface area contributed by atoms with Crippen molar-refractivity contribution in [1.82, 2.24) is 21.3 Å². The zero-order valence-electron chi connectivity index (χ0n) is 7.82. The molecule has 0 saturated heterocycles. The normalized spacial score (nSPS) is 9.53. The van der Waals surface area contributed by atoms with Gasteiger partial charge < -0.3 is 5.73 Å². The predicted octanol–water partition coefficient (Wildman–Crippen LogP) is -4.15. The van der Waals surface area contributed by atoms with Gasteiger partial charge in [-0.25, -0.2) is 21.5 Å². The predicted molar refractivity (Wildman–Crippen MR) is 49.0 cm³/mol. The lowest BCUT2D eigenvalue weighted by Crippen LogP contribution is -2.54.